The van der Waals surface area contributed by atoms with Crippen molar-refractivity contribution in [3.05, 3.63) is 0 Å². The lowest BCUT2D eigenvalue weighted by Gasteiger charge is -2.47. The Bertz CT molecular complexity index is 348. The van der Waals surface area contributed by atoms with Crippen molar-refractivity contribution in [3.8, 4) is 0 Å². The van der Waals surface area contributed by atoms with Crippen LogP contribution in [0.4, 0.5) is 0 Å². The zero-order chi connectivity index (χ0) is 13.6. The van der Waals surface area contributed by atoms with E-state index in [-0.39, 0.29) is 11.5 Å². The third-order valence-electron chi connectivity index (χ3n) is 4.27. The van der Waals surface area contributed by atoms with Crippen LogP contribution in [0.15, 0.2) is 0 Å². The molecule has 0 bridgehead atoms. The van der Waals surface area contributed by atoms with Crippen LogP contribution in [-0.4, -0.2) is 53.7 Å². The molecular formula is C13H25N3O2. The number of hydrogen-bond donors (Lipinski definition) is 2. The average molecular weight is 255 g/mol. The minimum Gasteiger partial charge on any atom is -0.368 e. The molecule has 2 saturated heterocycles. The maximum absolute atomic E-state index is 12.2. The smallest absolute Gasteiger partial charge is 0.241 e. The zero-order valence-electron chi connectivity index (χ0n) is 11.9. The van der Waals surface area contributed by atoms with Crippen LogP contribution in [0.3, 0.4) is 0 Å². The van der Waals surface area contributed by atoms with Gasteiger partial charge >= 0.3 is 0 Å². The molecule has 0 aliphatic carbocycles. The molecular weight excluding hydrogens is 230 g/mol. The third-order valence-corrected chi connectivity index (χ3v) is 4.27. The third kappa shape index (κ3) is 1.94. The normalized spacial score (nSPS) is 35.6. The van der Waals surface area contributed by atoms with Crippen molar-refractivity contribution >= 4 is 5.91 Å². The van der Waals surface area contributed by atoms with E-state index in [4.69, 9.17) is 10.5 Å². The zero-order valence-corrected chi connectivity index (χ0v) is 11.9. The van der Waals surface area contributed by atoms with Crippen LogP contribution in [0.1, 0.15) is 34.1 Å². The van der Waals surface area contributed by atoms with E-state index in [1.807, 2.05) is 27.7 Å². The Hall–Kier alpha value is -0.650. The van der Waals surface area contributed by atoms with E-state index in [0.29, 0.717) is 6.42 Å². The summed E-state index contributed by atoms with van der Waals surface area (Å²) in [5, 5.41) is 3.31. The van der Waals surface area contributed by atoms with Crippen molar-refractivity contribution in [2.24, 2.45) is 5.73 Å². The highest BCUT2D eigenvalue weighted by molar-refractivity contribution is 5.87. The quantitative estimate of drug-likeness (QED) is 0.734. The summed E-state index contributed by atoms with van der Waals surface area (Å²) in [6.45, 7) is 11.5. The number of primary amides is 1. The first-order valence-corrected chi connectivity index (χ1v) is 6.67. The fourth-order valence-electron chi connectivity index (χ4n) is 3.72. The molecule has 0 radical (unpaired) electrons. The van der Waals surface area contributed by atoms with Crippen LogP contribution in [0, 0.1) is 0 Å². The Kier molecular flexibility index (Phi) is 3.20. The second kappa shape index (κ2) is 4.18. The number of carbonyl (C=O) groups is 1. The van der Waals surface area contributed by atoms with Gasteiger partial charge in [0, 0.05) is 32.6 Å². The molecule has 18 heavy (non-hydrogen) atoms. The number of nitrogens with one attached hydrogen (secondary N) is 1. The second-order valence-corrected chi connectivity index (χ2v) is 6.51. The van der Waals surface area contributed by atoms with Gasteiger partial charge in [0.15, 0.2) is 0 Å². The fourth-order valence-corrected chi connectivity index (χ4v) is 3.72. The van der Waals surface area contributed by atoms with Gasteiger partial charge in [0.1, 0.15) is 5.54 Å². The lowest BCUT2D eigenvalue weighted by molar-refractivity contribution is -0.146. The first kappa shape index (κ1) is 13.8. The maximum atomic E-state index is 12.2. The largest absolute Gasteiger partial charge is 0.368 e. The topological polar surface area (TPSA) is 67.6 Å². The summed E-state index contributed by atoms with van der Waals surface area (Å²) in [6, 6.07) is 0. The minimum absolute atomic E-state index is 0.264. The Morgan fingerprint density at radius 1 is 1.22 bits per heavy atom. The summed E-state index contributed by atoms with van der Waals surface area (Å²) in [7, 11) is 0. The molecule has 5 nitrogen and oxygen atoms in total. The van der Waals surface area contributed by atoms with Crippen molar-refractivity contribution in [2.45, 2.75) is 50.9 Å². The average Bonchev–Trinajstić information content (AvgIpc) is 2.45. The van der Waals surface area contributed by atoms with Gasteiger partial charge in [0.2, 0.25) is 5.91 Å². The number of piperazine rings is 1. The van der Waals surface area contributed by atoms with Crippen molar-refractivity contribution in [3.63, 3.8) is 0 Å². The van der Waals surface area contributed by atoms with Crippen LogP contribution >= 0.6 is 0 Å². The molecule has 1 amide bonds. The van der Waals surface area contributed by atoms with E-state index >= 15 is 0 Å². The summed E-state index contributed by atoms with van der Waals surface area (Å²) in [6.07, 6.45) is 0.655. The molecule has 0 aromatic heterocycles. The Morgan fingerprint density at radius 3 is 2.17 bits per heavy atom. The van der Waals surface area contributed by atoms with Crippen LogP contribution in [0.5, 0.6) is 0 Å². The summed E-state index contributed by atoms with van der Waals surface area (Å²) in [5.74, 6) is -0.264. The van der Waals surface area contributed by atoms with Gasteiger partial charge in [0.05, 0.1) is 11.2 Å². The van der Waals surface area contributed by atoms with Crippen molar-refractivity contribution < 1.29 is 9.53 Å². The van der Waals surface area contributed by atoms with E-state index < -0.39 is 11.1 Å². The minimum atomic E-state index is -0.696. The number of ether oxygens (including phenoxy) is 1. The molecule has 2 aliphatic rings. The highest BCUT2D eigenvalue weighted by atomic mass is 16.5. The van der Waals surface area contributed by atoms with Gasteiger partial charge in [-0.3, -0.25) is 9.69 Å². The lowest BCUT2D eigenvalue weighted by Crippen LogP contribution is -2.69. The molecule has 0 aromatic carbocycles. The molecule has 0 spiro atoms. The number of hydrogen-bond acceptors (Lipinski definition) is 4. The number of rotatable bonds is 2. The number of nitrogens with zero attached hydrogens (tertiary/aromatic N) is 1. The molecule has 1 atom stereocenters. The molecule has 2 fully saturated rings. The van der Waals surface area contributed by atoms with E-state index in [1.54, 1.807) is 0 Å². The standard InChI is InChI=1S/C13H25N3O2/c1-11(2)9-13(10(14)17,12(3,4)18-11)16-7-5-15-6-8-16/h15H,5-9H2,1-4H3,(H2,14,17). The van der Waals surface area contributed by atoms with E-state index in [1.165, 1.54) is 0 Å². The van der Waals surface area contributed by atoms with E-state index in [9.17, 15) is 4.79 Å². The Balaban J connectivity index is 2.40. The molecule has 0 aromatic rings. The highest BCUT2D eigenvalue weighted by Crippen LogP contribution is 2.48. The molecule has 2 heterocycles. The van der Waals surface area contributed by atoms with Crippen molar-refractivity contribution in [2.75, 3.05) is 26.2 Å². The molecule has 3 N–H and O–H groups in total. The van der Waals surface area contributed by atoms with Gasteiger partial charge in [0.25, 0.3) is 0 Å². The molecule has 2 aliphatic heterocycles. The van der Waals surface area contributed by atoms with Gasteiger partial charge in [-0.05, 0) is 27.7 Å². The maximum Gasteiger partial charge on any atom is 0.241 e. The molecule has 1 unspecified atom stereocenters. The first-order valence-electron chi connectivity index (χ1n) is 6.67. The summed E-state index contributed by atoms with van der Waals surface area (Å²) in [4.78, 5) is 14.4. The van der Waals surface area contributed by atoms with Gasteiger partial charge in [-0.2, -0.15) is 0 Å². The van der Waals surface area contributed by atoms with Gasteiger partial charge in [-0.25, -0.2) is 0 Å². The second-order valence-electron chi connectivity index (χ2n) is 6.51. The fraction of sp³-hybridized carbons (Fsp3) is 0.923. The summed E-state index contributed by atoms with van der Waals surface area (Å²) in [5.41, 5.74) is 4.21. The summed E-state index contributed by atoms with van der Waals surface area (Å²) >= 11 is 0. The first-order chi connectivity index (χ1) is 8.21. The Labute approximate surface area is 109 Å². The highest BCUT2D eigenvalue weighted by Gasteiger charge is 2.63. The summed E-state index contributed by atoms with van der Waals surface area (Å²) < 4.78 is 6.10. The number of amides is 1. The van der Waals surface area contributed by atoms with Crippen LogP contribution < -0.4 is 11.1 Å². The molecule has 5 heteroatoms. The van der Waals surface area contributed by atoms with Crippen LogP contribution in [-0.2, 0) is 9.53 Å². The van der Waals surface area contributed by atoms with E-state index in [0.717, 1.165) is 26.2 Å². The molecule has 104 valence electrons. The number of nitrogens with two attached hydrogens (primary N) is 1. The van der Waals surface area contributed by atoms with Gasteiger partial charge < -0.3 is 15.8 Å². The van der Waals surface area contributed by atoms with E-state index in [2.05, 4.69) is 10.2 Å². The van der Waals surface area contributed by atoms with Gasteiger partial charge in [-0.1, -0.05) is 0 Å². The number of carbonyl (C=O) groups excluding carboxylic acids is 1. The van der Waals surface area contributed by atoms with Crippen LogP contribution in [0.25, 0.3) is 0 Å². The monoisotopic (exact) mass is 255 g/mol. The van der Waals surface area contributed by atoms with Crippen molar-refractivity contribution in [1.29, 1.82) is 0 Å². The Morgan fingerprint density at radius 2 is 1.78 bits per heavy atom. The van der Waals surface area contributed by atoms with Gasteiger partial charge in [-0.15, -0.1) is 0 Å². The predicted molar refractivity (Wildman–Crippen MR) is 70.2 cm³/mol. The van der Waals surface area contributed by atoms with Crippen LogP contribution in [0.2, 0.25) is 0 Å². The lowest BCUT2D eigenvalue weighted by atomic mass is 9.76. The predicted octanol–water partition coefficient (Wildman–Crippen LogP) is 0.0932. The molecule has 0 saturated carbocycles. The van der Waals surface area contributed by atoms with Crippen molar-refractivity contribution in [1.82, 2.24) is 10.2 Å². The SMILES string of the molecule is CC1(C)CC(C(N)=O)(N2CCNCC2)C(C)(C)O1. The molecule has 2 rings (SSSR count).